The lowest BCUT2D eigenvalue weighted by Crippen LogP contribution is -2.31. The Hall–Kier alpha value is -3.27. The van der Waals surface area contributed by atoms with E-state index in [4.69, 9.17) is 5.73 Å². The van der Waals surface area contributed by atoms with Crippen molar-refractivity contribution in [2.45, 2.75) is 12.8 Å². The Balaban J connectivity index is 0.000000287. The maximum Gasteiger partial charge on any atom is 0.259 e. The minimum absolute atomic E-state index is 0.207. The fourth-order valence-electron chi connectivity index (χ4n) is 3.19. The molecule has 0 unspecified atom stereocenters. The zero-order valence-corrected chi connectivity index (χ0v) is 17.7. The molecule has 0 spiro atoms. The zero-order chi connectivity index (χ0) is 22.4. The molecule has 3 N–H and O–H groups in total. The third kappa shape index (κ3) is 5.88. The summed E-state index contributed by atoms with van der Waals surface area (Å²) in [6, 6.07) is 6.23. The number of nitrogens with one attached hydrogen (secondary N) is 1. The van der Waals surface area contributed by atoms with Gasteiger partial charge in [-0.3, -0.25) is 4.79 Å². The molecule has 8 nitrogen and oxygen atoms in total. The minimum atomic E-state index is -0.411. The maximum absolute atomic E-state index is 12.4. The Morgan fingerprint density at radius 2 is 1.74 bits per heavy atom. The molecule has 0 aliphatic carbocycles. The number of halogens is 2. The van der Waals surface area contributed by atoms with E-state index in [0.29, 0.717) is 17.8 Å². The largest absolute Gasteiger partial charge is 0.381 e. The van der Waals surface area contributed by atoms with Crippen molar-refractivity contribution in [3.8, 4) is 0 Å². The second kappa shape index (κ2) is 10.2. The number of carbonyl (C=O) groups excluding carboxylic acids is 1. The van der Waals surface area contributed by atoms with Gasteiger partial charge >= 0.3 is 0 Å². The van der Waals surface area contributed by atoms with Crippen LogP contribution in [0.1, 0.15) is 23.2 Å². The Kier molecular flexibility index (Phi) is 7.35. The normalized spacial score (nSPS) is 13.4. The van der Waals surface area contributed by atoms with Gasteiger partial charge in [0.25, 0.3) is 5.91 Å². The van der Waals surface area contributed by atoms with Gasteiger partial charge in [0.15, 0.2) is 11.5 Å². The molecule has 1 saturated heterocycles. The SMILES string of the molecule is CN(C)CCNC(=O)c1c(N)nn2ccc(N3CCCC3)nc12.Fc1ccc(F)cc1. The molecule has 3 heterocycles. The van der Waals surface area contributed by atoms with Crippen molar-refractivity contribution in [1.29, 1.82) is 0 Å². The van der Waals surface area contributed by atoms with E-state index in [-0.39, 0.29) is 11.7 Å². The molecule has 1 aliphatic heterocycles. The van der Waals surface area contributed by atoms with Crippen molar-refractivity contribution in [2.75, 3.05) is 50.9 Å². The standard InChI is InChI=1S/C15H23N7O.C6H4F2/c1-20(2)10-6-17-15(23)12-13(16)19-22-9-5-11(18-14(12)22)21-7-3-4-8-21;7-5-1-2-6(8)4-3-5/h5,9H,3-4,6-8,10H2,1-2H3,(H2,16,19)(H,17,23);1-4H. The summed E-state index contributed by atoms with van der Waals surface area (Å²) in [4.78, 5) is 21.3. The Labute approximate surface area is 179 Å². The summed E-state index contributed by atoms with van der Waals surface area (Å²) >= 11 is 0. The summed E-state index contributed by atoms with van der Waals surface area (Å²) in [5, 5.41) is 7.06. The third-order valence-electron chi connectivity index (χ3n) is 4.80. The molecular weight excluding hydrogens is 404 g/mol. The average molecular weight is 431 g/mol. The summed E-state index contributed by atoms with van der Waals surface area (Å²) in [6.45, 7) is 3.31. The molecule has 1 aromatic carbocycles. The number of nitrogens with zero attached hydrogens (tertiary/aromatic N) is 5. The summed E-state index contributed by atoms with van der Waals surface area (Å²) in [6.07, 6.45) is 4.15. The number of likely N-dealkylation sites (N-methyl/N-ethyl adjacent to an activating group) is 1. The van der Waals surface area contributed by atoms with Gasteiger partial charge in [-0.15, -0.1) is 5.10 Å². The second-order valence-corrected chi connectivity index (χ2v) is 7.50. The van der Waals surface area contributed by atoms with E-state index in [9.17, 15) is 13.6 Å². The lowest BCUT2D eigenvalue weighted by Gasteiger charge is -2.16. The van der Waals surface area contributed by atoms with Gasteiger partial charge in [-0.25, -0.2) is 18.3 Å². The van der Waals surface area contributed by atoms with Crippen molar-refractivity contribution in [1.82, 2.24) is 24.8 Å². The molecule has 31 heavy (non-hydrogen) atoms. The predicted octanol–water partition coefficient (Wildman–Crippen LogP) is 2.17. The van der Waals surface area contributed by atoms with E-state index in [1.165, 1.54) is 12.8 Å². The van der Waals surface area contributed by atoms with E-state index in [1.807, 2.05) is 31.3 Å². The first-order valence-electron chi connectivity index (χ1n) is 10.1. The number of carbonyl (C=O) groups is 1. The number of rotatable bonds is 5. The van der Waals surface area contributed by atoms with Crippen molar-refractivity contribution in [3.63, 3.8) is 0 Å². The van der Waals surface area contributed by atoms with Crippen LogP contribution in [0.25, 0.3) is 5.65 Å². The van der Waals surface area contributed by atoms with Crippen LogP contribution in [0.5, 0.6) is 0 Å². The maximum atomic E-state index is 12.4. The highest BCUT2D eigenvalue weighted by Crippen LogP contribution is 2.22. The molecule has 166 valence electrons. The van der Waals surface area contributed by atoms with Crippen LogP contribution in [0.15, 0.2) is 36.5 Å². The predicted molar refractivity (Wildman–Crippen MR) is 116 cm³/mol. The lowest BCUT2D eigenvalue weighted by molar-refractivity contribution is 0.0953. The van der Waals surface area contributed by atoms with Crippen molar-refractivity contribution < 1.29 is 13.6 Å². The number of benzene rings is 1. The molecule has 0 radical (unpaired) electrons. The van der Waals surface area contributed by atoms with Crippen LogP contribution >= 0.6 is 0 Å². The number of anilines is 2. The number of nitrogens with two attached hydrogens (primary N) is 1. The van der Waals surface area contributed by atoms with Gasteiger partial charge in [0.2, 0.25) is 0 Å². The van der Waals surface area contributed by atoms with Crippen LogP contribution in [0.3, 0.4) is 0 Å². The topological polar surface area (TPSA) is 91.8 Å². The van der Waals surface area contributed by atoms with E-state index in [0.717, 1.165) is 49.7 Å². The summed E-state index contributed by atoms with van der Waals surface area (Å²) in [5.41, 5.74) is 6.79. The van der Waals surface area contributed by atoms with E-state index in [1.54, 1.807) is 4.52 Å². The van der Waals surface area contributed by atoms with Gasteiger partial charge < -0.3 is 20.9 Å². The number of hydrogen-bond acceptors (Lipinski definition) is 6. The zero-order valence-electron chi connectivity index (χ0n) is 17.7. The van der Waals surface area contributed by atoms with Crippen LogP contribution in [-0.2, 0) is 0 Å². The Bertz CT molecular complexity index is 993. The van der Waals surface area contributed by atoms with Gasteiger partial charge in [0, 0.05) is 32.4 Å². The first-order valence-corrected chi connectivity index (χ1v) is 10.1. The molecule has 1 amide bonds. The molecular formula is C21H27F2N7O. The average Bonchev–Trinajstić information content (AvgIpc) is 3.37. The minimum Gasteiger partial charge on any atom is -0.381 e. The van der Waals surface area contributed by atoms with Crippen molar-refractivity contribution >= 4 is 23.2 Å². The number of aromatic nitrogens is 3. The van der Waals surface area contributed by atoms with Gasteiger partial charge in [0.1, 0.15) is 23.0 Å². The molecule has 0 atom stereocenters. The quantitative estimate of drug-likeness (QED) is 0.643. The Morgan fingerprint density at radius 1 is 1.13 bits per heavy atom. The van der Waals surface area contributed by atoms with Crippen molar-refractivity contribution in [3.05, 3.63) is 53.7 Å². The number of hydrogen-bond donors (Lipinski definition) is 2. The van der Waals surface area contributed by atoms with Crippen LogP contribution in [-0.4, -0.2) is 65.7 Å². The van der Waals surface area contributed by atoms with E-state index >= 15 is 0 Å². The number of amides is 1. The van der Waals surface area contributed by atoms with Gasteiger partial charge in [0.05, 0.1) is 0 Å². The fraction of sp³-hybridized carbons (Fsp3) is 0.381. The van der Waals surface area contributed by atoms with Crippen molar-refractivity contribution in [2.24, 2.45) is 0 Å². The van der Waals surface area contributed by atoms with Gasteiger partial charge in [-0.2, -0.15) is 0 Å². The molecule has 3 aromatic rings. The number of fused-ring (bicyclic) bond motifs is 1. The van der Waals surface area contributed by atoms with Crippen LogP contribution in [0.4, 0.5) is 20.4 Å². The first-order chi connectivity index (χ1) is 14.8. The number of nitrogen functional groups attached to an aromatic ring is 1. The van der Waals surface area contributed by atoms with Gasteiger partial charge in [-0.05, 0) is 57.3 Å². The van der Waals surface area contributed by atoms with Crippen LogP contribution in [0.2, 0.25) is 0 Å². The summed E-state index contributed by atoms with van der Waals surface area (Å²) in [5.74, 6) is 0.0267. The summed E-state index contributed by atoms with van der Waals surface area (Å²) < 4.78 is 25.4. The fourth-order valence-corrected chi connectivity index (χ4v) is 3.19. The molecule has 10 heteroatoms. The smallest absolute Gasteiger partial charge is 0.259 e. The monoisotopic (exact) mass is 431 g/mol. The van der Waals surface area contributed by atoms with Crippen LogP contribution < -0.4 is 16.0 Å². The molecule has 1 aliphatic rings. The van der Waals surface area contributed by atoms with E-state index in [2.05, 4.69) is 20.3 Å². The summed E-state index contributed by atoms with van der Waals surface area (Å²) in [7, 11) is 3.92. The second-order valence-electron chi connectivity index (χ2n) is 7.50. The van der Waals surface area contributed by atoms with E-state index < -0.39 is 11.6 Å². The van der Waals surface area contributed by atoms with Crippen LogP contribution in [0, 0.1) is 11.6 Å². The van der Waals surface area contributed by atoms with Gasteiger partial charge in [-0.1, -0.05) is 0 Å². The highest BCUT2D eigenvalue weighted by molar-refractivity contribution is 6.04. The first kappa shape index (κ1) is 22.4. The lowest BCUT2D eigenvalue weighted by atomic mass is 10.3. The molecule has 0 bridgehead atoms. The molecule has 0 saturated carbocycles. The third-order valence-corrected chi connectivity index (χ3v) is 4.80. The molecule has 2 aromatic heterocycles. The molecule has 4 rings (SSSR count). The highest BCUT2D eigenvalue weighted by atomic mass is 19.1. The Morgan fingerprint density at radius 3 is 2.32 bits per heavy atom. The molecule has 1 fully saturated rings. The highest BCUT2D eigenvalue weighted by Gasteiger charge is 2.21.